The van der Waals surface area contributed by atoms with Crippen LogP contribution in [0.25, 0.3) is 0 Å². The summed E-state index contributed by atoms with van der Waals surface area (Å²) in [5.74, 6) is -1.93. The van der Waals surface area contributed by atoms with Gasteiger partial charge in [0, 0.05) is 6.42 Å². The van der Waals surface area contributed by atoms with Crippen LogP contribution in [0.5, 0.6) is 0 Å². The van der Waals surface area contributed by atoms with Crippen LogP contribution >= 0.6 is 0 Å². The van der Waals surface area contributed by atoms with Crippen molar-refractivity contribution in [1.29, 1.82) is 5.26 Å². The fraction of sp³-hybridized carbons (Fsp3) is 0.300. The number of aliphatic hydroxyl groups excluding tert-OH is 1. The number of rotatable bonds is 3. The Labute approximate surface area is 80.4 Å². The van der Waals surface area contributed by atoms with Crippen LogP contribution in [0.3, 0.4) is 0 Å². The van der Waals surface area contributed by atoms with E-state index in [4.69, 9.17) is 5.26 Å². The molecule has 0 unspecified atom stereocenters. The number of nitrogens with zero attached hydrogens (tertiary/aromatic N) is 1. The van der Waals surface area contributed by atoms with Gasteiger partial charge >= 0.3 is 0 Å². The first kappa shape index (κ1) is 10.6. The van der Waals surface area contributed by atoms with Gasteiger partial charge in [0.2, 0.25) is 0 Å². The lowest BCUT2D eigenvalue weighted by Crippen LogP contribution is -1.98. The Morgan fingerprint density at radius 3 is 2.64 bits per heavy atom. The molecule has 0 radical (unpaired) electrons. The third-order valence-electron chi connectivity index (χ3n) is 1.86. The van der Waals surface area contributed by atoms with Crippen molar-refractivity contribution in [1.82, 2.24) is 0 Å². The summed E-state index contributed by atoms with van der Waals surface area (Å²) in [6.45, 7) is 0. The average molecular weight is 197 g/mol. The van der Waals surface area contributed by atoms with Gasteiger partial charge in [-0.2, -0.15) is 5.26 Å². The van der Waals surface area contributed by atoms with Crippen LogP contribution in [0.1, 0.15) is 24.5 Å². The SMILES string of the molecule is N#CCC[C@@H](O)c1ccc(F)c(F)c1. The van der Waals surface area contributed by atoms with E-state index in [1.165, 1.54) is 6.07 Å². The number of halogens is 2. The Hall–Kier alpha value is -1.47. The van der Waals surface area contributed by atoms with E-state index in [1.54, 1.807) is 0 Å². The highest BCUT2D eigenvalue weighted by Crippen LogP contribution is 2.19. The first-order valence-corrected chi connectivity index (χ1v) is 4.15. The minimum absolute atomic E-state index is 0.181. The van der Waals surface area contributed by atoms with Gasteiger partial charge in [0.25, 0.3) is 0 Å². The topological polar surface area (TPSA) is 44.0 Å². The zero-order valence-corrected chi connectivity index (χ0v) is 7.37. The van der Waals surface area contributed by atoms with Gasteiger partial charge in [-0.1, -0.05) is 6.07 Å². The molecule has 14 heavy (non-hydrogen) atoms. The van der Waals surface area contributed by atoms with E-state index in [1.807, 2.05) is 6.07 Å². The number of nitriles is 1. The molecule has 1 aromatic rings. The molecule has 0 aromatic heterocycles. The molecule has 0 aliphatic carbocycles. The third-order valence-corrected chi connectivity index (χ3v) is 1.86. The standard InChI is InChI=1S/C10H9F2NO/c11-8-4-3-7(6-9(8)12)10(14)2-1-5-13/h3-4,6,10,14H,1-2H2/t10-/m1/s1. The molecule has 0 saturated heterocycles. The first-order chi connectivity index (χ1) is 6.65. The Morgan fingerprint density at radius 1 is 1.36 bits per heavy atom. The van der Waals surface area contributed by atoms with Crippen LogP contribution in [0.15, 0.2) is 18.2 Å². The molecule has 0 fully saturated rings. The van der Waals surface area contributed by atoms with E-state index in [9.17, 15) is 13.9 Å². The zero-order valence-electron chi connectivity index (χ0n) is 7.37. The smallest absolute Gasteiger partial charge is 0.159 e. The highest BCUT2D eigenvalue weighted by molar-refractivity contribution is 5.20. The van der Waals surface area contributed by atoms with Gasteiger partial charge in [0.15, 0.2) is 11.6 Å². The predicted octanol–water partition coefficient (Wildman–Crippen LogP) is 2.30. The Balaban J connectivity index is 2.76. The minimum Gasteiger partial charge on any atom is -0.388 e. The molecule has 1 N–H and O–H groups in total. The van der Waals surface area contributed by atoms with E-state index in [0.717, 1.165) is 12.1 Å². The second kappa shape index (κ2) is 4.68. The van der Waals surface area contributed by atoms with Gasteiger partial charge in [-0.05, 0) is 24.1 Å². The molecule has 1 atom stereocenters. The molecule has 0 heterocycles. The lowest BCUT2D eigenvalue weighted by atomic mass is 10.1. The fourth-order valence-corrected chi connectivity index (χ4v) is 1.09. The zero-order chi connectivity index (χ0) is 10.6. The molecule has 0 bridgehead atoms. The maximum atomic E-state index is 12.7. The molecule has 0 amide bonds. The lowest BCUT2D eigenvalue weighted by molar-refractivity contribution is 0.168. The molecule has 1 rings (SSSR count). The van der Waals surface area contributed by atoms with E-state index in [2.05, 4.69) is 0 Å². The molecule has 4 heteroatoms. The van der Waals surface area contributed by atoms with Crippen molar-refractivity contribution in [2.45, 2.75) is 18.9 Å². The van der Waals surface area contributed by atoms with Crippen LogP contribution in [0.2, 0.25) is 0 Å². The number of benzene rings is 1. The predicted molar refractivity (Wildman–Crippen MR) is 46.2 cm³/mol. The maximum Gasteiger partial charge on any atom is 0.159 e. The molecule has 74 valence electrons. The first-order valence-electron chi connectivity index (χ1n) is 4.15. The van der Waals surface area contributed by atoms with Gasteiger partial charge in [-0.3, -0.25) is 0 Å². The molecule has 0 aliphatic rings. The summed E-state index contributed by atoms with van der Waals surface area (Å²) in [6, 6.07) is 5.07. The molecule has 0 saturated carbocycles. The molecule has 0 aliphatic heterocycles. The summed E-state index contributed by atoms with van der Waals surface area (Å²) in [6.07, 6.45) is -0.508. The van der Waals surface area contributed by atoms with Gasteiger partial charge in [-0.15, -0.1) is 0 Å². The lowest BCUT2D eigenvalue weighted by Gasteiger charge is -2.08. The van der Waals surface area contributed by atoms with E-state index < -0.39 is 17.7 Å². The summed E-state index contributed by atoms with van der Waals surface area (Å²) >= 11 is 0. The molecular weight excluding hydrogens is 188 g/mol. The fourth-order valence-electron chi connectivity index (χ4n) is 1.09. The van der Waals surface area contributed by atoms with Gasteiger partial charge in [0.1, 0.15) is 0 Å². The normalized spacial score (nSPS) is 12.1. The maximum absolute atomic E-state index is 12.7. The molecule has 2 nitrogen and oxygen atoms in total. The van der Waals surface area contributed by atoms with Gasteiger partial charge in [-0.25, -0.2) is 8.78 Å². The van der Waals surface area contributed by atoms with Crippen LogP contribution in [0.4, 0.5) is 8.78 Å². The Morgan fingerprint density at radius 2 is 2.07 bits per heavy atom. The van der Waals surface area contributed by atoms with E-state index >= 15 is 0 Å². The van der Waals surface area contributed by atoms with Crippen LogP contribution in [0, 0.1) is 23.0 Å². The summed E-state index contributed by atoms with van der Waals surface area (Å²) in [7, 11) is 0. The Kier molecular flexibility index (Phi) is 3.55. The van der Waals surface area contributed by atoms with Gasteiger partial charge in [0.05, 0.1) is 12.2 Å². The summed E-state index contributed by atoms with van der Waals surface area (Å²) < 4.78 is 25.2. The van der Waals surface area contributed by atoms with Crippen molar-refractivity contribution in [2.24, 2.45) is 0 Å². The van der Waals surface area contributed by atoms with Crippen LogP contribution in [-0.2, 0) is 0 Å². The minimum atomic E-state index is -0.987. The summed E-state index contributed by atoms with van der Waals surface area (Å²) in [5, 5.41) is 17.7. The van der Waals surface area contributed by atoms with Crippen molar-refractivity contribution < 1.29 is 13.9 Å². The summed E-state index contributed by atoms with van der Waals surface area (Å²) in [4.78, 5) is 0. The molecule has 1 aromatic carbocycles. The second-order valence-corrected chi connectivity index (χ2v) is 2.89. The van der Waals surface area contributed by atoms with Crippen molar-refractivity contribution >= 4 is 0 Å². The highest BCUT2D eigenvalue weighted by Gasteiger charge is 2.10. The average Bonchev–Trinajstić information content (AvgIpc) is 2.18. The number of aliphatic hydroxyl groups is 1. The second-order valence-electron chi connectivity index (χ2n) is 2.89. The number of hydrogen-bond donors (Lipinski definition) is 1. The van der Waals surface area contributed by atoms with E-state index in [0.29, 0.717) is 5.56 Å². The number of hydrogen-bond acceptors (Lipinski definition) is 2. The van der Waals surface area contributed by atoms with Crippen molar-refractivity contribution in [2.75, 3.05) is 0 Å². The largest absolute Gasteiger partial charge is 0.388 e. The summed E-state index contributed by atoms with van der Waals surface area (Å²) in [5.41, 5.74) is 0.291. The third kappa shape index (κ3) is 2.51. The van der Waals surface area contributed by atoms with Crippen LogP contribution < -0.4 is 0 Å². The van der Waals surface area contributed by atoms with Crippen LogP contribution in [-0.4, -0.2) is 5.11 Å². The highest BCUT2D eigenvalue weighted by atomic mass is 19.2. The Bertz CT molecular complexity index is 360. The van der Waals surface area contributed by atoms with Gasteiger partial charge < -0.3 is 5.11 Å². The van der Waals surface area contributed by atoms with Crippen molar-refractivity contribution in [3.05, 3.63) is 35.4 Å². The van der Waals surface area contributed by atoms with Crippen molar-refractivity contribution in [3.8, 4) is 6.07 Å². The quantitative estimate of drug-likeness (QED) is 0.807. The molecular formula is C10H9F2NO. The van der Waals surface area contributed by atoms with Crippen molar-refractivity contribution in [3.63, 3.8) is 0 Å². The monoisotopic (exact) mass is 197 g/mol. The molecule has 0 spiro atoms. The van der Waals surface area contributed by atoms with E-state index in [-0.39, 0.29) is 12.8 Å².